The molecule has 0 saturated heterocycles. The first-order valence-electron chi connectivity index (χ1n) is 8.57. The maximum atomic E-state index is 13.5. The molecule has 4 aromatic rings. The molecule has 0 radical (unpaired) electrons. The van der Waals surface area contributed by atoms with Gasteiger partial charge < -0.3 is 15.4 Å². The molecule has 10 nitrogen and oxygen atoms in total. The lowest BCUT2D eigenvalue weighted by molar-refractivity contribution is 0.298. The number of aliphatic hydroxyl groups excluding tert-OH is 1. The summed E-state index contributed by atoms with van der Waals surface area (Å²) in [6.07, 6.45) is 4.71. The Morgan fingerprint density at radius 3 is 3.07 bits per heavy atom. The summed E-state index contributed by atoms with van der Waals surface area (Å²) >= 11 is 0. The van der Waals surface area contributed by atoms with Gasteiger partial charge in [0.25, 0.3) is 5.56 Å². The molecule has 4 rings (SSSR count). The topological polar surface area (TPSA) is 126 Å². The molecule has 0 aliphatic carbocycles. The van der Waals surface area contributed by atoms with Crippen molar-refractivity contribution in [1.82, 2.24) is 34.6 Å². The number of imidazole rings is 1. The van der Waals surface area contributed by atoms with Crippen molar-refractivity contribution in [2.45, 2.75) is 19.4 Å². The third-order valence-electron chi connectivity index (χ3n) is 4.22. The van der Waals surface area contributed by atoms with Crippen LogP contribution in [0.15, 0.2) is 41.6 Å². The van der Waals surface area contributed by atoms with E-state index in [0.29, 0.717) is 29.4 Å². The van der Waals surface area contributed by atoms with E-state index in [1.54, 1.807) is 36.0 Å². The first-order valence-corrected chi connectivity index (χ1v) is 8.57. The third-order valence-corrected chi connectivity index (χ3v) is 4.22. The lowest BCUT2D eigenvalue weighted by Gasteiger charge is -2.14. The Bertz CT molecular complexity index is 1180. The van der Waals surface area contributed by atoms with Gasteiger partial charge in [0.2, 0.25) is 0 Å². The molecule has 28 heavy (non-hydrogen) atoms. The predicted octanol–water partition coefficient (Wildman–Crippen LogP) is 0.845. The minimum Gasteiger partial charge on any atom is -0.396 e. The van der Waals surface area contributed by atoms with E-state index in [9.17, 15) is 9.18 Å². The molecule has 0 spiro atoms. The highest BCUT2D eigenvalue weighted by Crippen LogP contribution is 2.17. The molecule has 0 bridgehead atoms. The molecular weight excluding hydrogens is 367 g/mol. The molecule has 0 unspecified atom stereocenters. The second-order valence-corrected chi connectivity index (χ2v) is 6.20. The van der Waals surface area contributed by atoms with Crippen LogP contribution in [0.5, 0.6) is 0 Å². The number of rotatable bonds is 6. The normalized spacial score (nSPS) is 12.4. The van der Waals surface area contributed by atoms with Crippen molar-refractivity contribution in [1.29, 1.82) is 0 Å². The van der Waals surface area contributed by atoms with Crippen molar-refractivity contribution in [2.24, 2.45) is 0 Å². The van der Waals surface area contributed by atoms with Gasteiger partial charge in [0.15, 0.2) is 11.5 Å². The maximum Gasteiger partial charge on any atom is 0.253 e. The van der Waals surface area contributed by atoms with Crippen molar-refractivity contribution >= 4 is 11.5 Å². The summed E-state index contributed by atoms with van der Waals surface area (Å²) in [6, 6.07) is 4.19. The molecule has 0 fully saturated rings. The molecule has 4 aromatic heterocycles. The third kappa shape index (κ3) is 3.34. The maximum absolute atomic E-state index is 13.5. The Balaban J connectivity index is 1.65. The Labute approximate surface area is 157 Å². The van der Waals surface area contributed by atoms with E-state index in [0.717, 1.165) is 6.20 Å². The number of aliphatic hydroxyl groups is 1. The number of anilines is 1. The smallest absolute Gasteiger partial charge is 0.253 e. The summed E-state index contributed by atoms with van der Waals surface area (Å²) in [6.45, 7) is 1.72. The fraction of sp³-hybridized carbons (Fsp3) is 0.235. The molecule has 0 saturated carbocycles. The van der Waals surface area contributed by atoms with Crippen molar-refractivity contribution < 1.29 is 9.50 Å². The summed E-state index contributed by atoms with van der Waals surface area (Å²) in [5.41, 5.74) is 1.13. The zero-order chi connectivity index (χ0) is 19.7. The number of pyridine rings is 1. The number of fused-ring (bicyclic) bond motifs is 1. The molecular formula is C17H17FN8O2. The van der Waals surface area contributed by atoms with Crippen LogP contribution in [0.25, 0.3) is 11.5 Å². The van der Waals surface area contributed by atoms with Crippen molar-refractivity contribution in [2.75, 3.05) is 11.9 Å². The lowest BCUT2D eigenvalue weighted by Crippen LogP contribution is -2.20. The molecule has 3 N–H and O–H groups in total. The second-order valence-electron chi connectivity index (χ2n) is 6.20. The van der Waals surface area contributed by atoms with E-state index < -0.39 is 11.9 Å². The second kappa shape index (κ2) is 7.19. The van der Waals surface area contributed by atoms with E-state index in [4.69, 9.17) is 5.11 Å². The Morgan fingerprint density at radius 2 is 2.25 bits per heavy atom. The molecule has 1 atom stereocenters. The number of nitrogens with zero attached hydrogens (tertiary/aromatic N) is 6. The van der Waals surface area contributed by atoms with E-state index >= 15 is 0 Å². The fourth-order valence-electron chi connectivity index (χ4n) is 2.83. The van der Waals surface area contributed by atoms with Gasteiger partial charge in [0, 0.05) is 24.8 Å². The summed E-state index contributed by atoms with van der Waals surface area (Å²) in [5, 5.41) is 24.6. The zero-order valence-electron chi connectivity index (χ0n) is 14.9. The highest BCUT2D eigenvalue weighted by molar-refractivity contribution is 5.48. The van der Waals surface area contributed by atoms with Crippen LogP contribution in [0.1, 0.15) is 24.2 Å². The first kappa shape index (κ1) is 17.8. The first-order chi connectivity index (χ1) is 13.5. The van der Waals surface area contributed by atoms with Crippen LogP contribution >= 0.6 is 0 Å². The van der Waals surface area contributed by atoms with Gasteiger partial charge in [-0.05, 0) is 25.1 Å². The van der Waals surface area contributed by atoms with E-state index in [2.05, 4.69) is 30.7 Å². The van der Waals surface area contributed by atoms with Gasteiger partial charge in [-0.2, -0.15) is 4.52 Å². The van der Waals surface area contributed by atoms with Gasteiger partial charge in [-0.15, -0.1) is 10.2 Å². The minimum absolute atomic E-state index is 0.0186. The van der Waals surface area contributed by atoms with Crippen LogP contribution in [0.3, 0.4) is 0 Å². The molecule has 0 aromatic carbocycles. The molecule has 0 amide bonds. The van der Waals surface area contributed by atoms with Crippen LogP contribution in [0.4, 0.5) is 10.2 Å². The summed E-state index contributed by atoms with van der Waals surface area (Å²) in [7, 11) is 0. The largest absolute Gasteiger partial charge is 0.396 e. The quantitative estimate of drug-likeness (QED) is 0.450. The summed E-state index contributed by atoms with van der Waals surface area (Å²) < 4.78 is 16.5. The van der Waals surface area contributed by atoms with Gasteiger partial charge in [0.05, 0.1) is 24.1 Å². The Kier molecular flexibility index (Phi) is 4.57. The van der Waals surface area contributed by atoms with Gasteiger partial charge in [-0.1, -0.05) is 5.21 Å². The van der Waals surface area contributed by atoms with Crippen LogP contribution in [0.2, 0.25) is 0 Å². The van der Waals surface area contributed by atoms with E-state index in [1.807, 2.05) is 0 Å². The molecule has 0 aliphatic heterocycles. The van der Waals surface area contributed by atoms with Crippen molar-refractivity contribution in [3.8, 4) is 5.82 Å². The average molecular weight is 384 g/mol. The van der Waals surface area contributed by atoms with Gasteiger partial charge >= 0.3 is 0 Å². The number of nitrogens with one attached hydrogen (secondary N) is 2. The molecule has 4 heterocycles. The van der Waals surface area contributed by atoms with Gasteiger partial charge in [0.1, 0.15) is 11.6 Å². The number of hydrogen-bond donors (Lipinski definition) is 3. The molecule has 0 aliphatic rings. The standard InChI is InChI=1S/C17H17FN8O2/c1-10(13-6-11(18)7-20-17(13)28)21-14-2-3-15-19-8-16(26(15)23-14)25-9-12(4-5-27)22-24-25/h2-3,6-10,27H,4-5H2,1H3,(H,20,28)(H,21,23)/t10-/m1/s1. The van der Waals surface area contributed by atoms with Crippen LogP contribution in [-0.4, -0.2) is 46.3 Å². The number of halogens is 1. The van der Waals surface area contributed by atoms with Crippen LogP contribution < -0.4 is 10.9 Å². The number of hydrogen-bond acceptors (Lipinski definition) is 7. The monoisotopic (exact) mass is 384 g/mol. The number of aromatic nitrogens is 7. The van der Waals surface area contributed by atoms with Crippen LogP contribution in [-0.2, 0) is 6.42 Å². The average Bonchev–Trinajstić information content (AvgIpc) is 3.30. The summed E-state index contributed by atoms with van der Waals surface area (Å²) in [4.78, 5) is 18.6. The molecule has 144 valence electrons. The van der Waals surface area contributed by atoms with Gasteiger partial charge in [-0.3, -0.25) is 4.79 Å². The van der Waals surface area contributed by atoms with E-state index in [-0.39, 0.29) is 17.7 Å². The minimum atomic E-state index is -0.520. The van der Waals surface area contributed by atoms with Crippen LogP contribution in [0, 0.1) is 5.82 Å². The van der Waals surface area contributed by atoms with E-state index in [1.165, 1.54) is 10.7 Å². The molecule has 11 heteroatoms. The SMILES string of the molecule is C[C@@H](Nc1ccc2ncc(-n3cc(CCO)nn3)n2n1)c1cc(F)c[nH]c1=O. The number of aromatic amines is 1. The van der Waals surface area contributed by atoms with Crippen molar-refractivity contribution in [3.63, 3.8) is 0 Å². The Morgan fingerprint density at radius 1 is 1.39 bits per heavy atom. The Hall–Kier alpha value is -3.60. The highest BCUT2D eigenvalue weighted by atomic mass is 19.1. The van der Waals surface area contributed by atoms with Crippen molar-refractivity contribution in [3.05, 3.63) is 64.2 Å². The number of H-pyrrole nitrogens is 1. The summed E-state index contributed by atoms with van der Waals surface area (Å²) in [5.74, 6) is 0.513. The fourth-order valence-corrected chi connectivity index (χ4v) is 2.83. The lowest BCUT2D eigenvalue weighted by atomic mass is 10.1. The highest BCUT2D eigenvalue weighted by Gasteiger charge is 2.14. The zero-order valence-corrected chi connectivity index (χ0v) is 14.9. The van der Waals surface area contributed by atoms with Gasteiger partial charge in [-0.25, -0.2) is 14.1 Å². The predicted molar refractivity (Wildman–Crippen MR) is 97.8 cm³/mol.